The molecular formula is C16H12ClN3O2. The molecule has 6 heteroatoms. The second kappa shape index (κ2) is 6.32. The van der Waals surface area contributed by atoms with Crippen LogP contribution in [-0.2, 0) is 0 Å². The van der Waals surface area contributed by atoms with Gasteiger partial charge in [-0.3, -0.25) is 9.89 Å². The highest BCUT2D eigenvalue weighted by molar-refractivity contribution is 6.32. The molecule has 0 spiro atoms. The van der Waals surface area contributed by atoms with Crippen molar-refractivity contribution in [2.75, 3.05) is 5.32 Å². The van der Waals surface area contributed by atoms with Crippen LogP contribution in [0.15, 0.2) is 60.8 Å². The van der Waals surface area contributed by atoms with E-state index >= 15 is 0 Å². The van der Waals surface area contributed by atoms with Crippen LogP contribution in [0.4, 0.5) is 5.69 Å². The molecule has 1 amide bonds. The van der Waals surface area contributed by atoms with Gasteiger partial charge in [-0.2, -0.15) is 5.10 Å². The summed E-state index contributed by atoms with van der Waals surface area (Å²) >= 11 is 6.04. The maximum absolute atomic E-state index is 11.9. The largest absolute Gasteiger partial charge is 0.456 e. The molecule has 5 nitrogen and oxygen atoms in total. The zero-order valence-electron chi connectivity index (χ0n) is 11.4. The van der Waals surface area contributed by atoms with E-state index in [4.69, 9.17) is 16.3 Å². The van der Waals surface area contributed by atoms with Crippen LogP contribution in [-0.4, -0.2) is 16.1 Å². The Kier molecular flexibility index (Phi) is 4.07. The summed E-state index contributed by atoms with van der Waals surface area (Å²) in [5.74, 6) is 0.961. The fourth-order valence-corrected chi connectivity index (χ4v) is 2.02. The lowest BCUT2D eigenvalue weighted by atomic mass is 10.3. The molecule has 0 bridgehead atoms. The average Bonchev–Trinajstić information content (AvgIpc) is 3.06. The first-order chi connectivity index (χ1) is 10.7. The van der Waals surface area contributed by atoms with Gasteiger partial charge in [0.1, 0.15) is 17.2 Å². The molecule has 0 aliphatic carbocycles. The average molecular weight is 314 g/mol. The van der Waals surface area contributed by atoms with E-state index in [0.717, 1.165) is 0 Å². The summed E-state index contributed by atoms with van der Waals surface area (Å²) in [6, 6.07) is 15.8. The first-order valence-corrected chi connectivity index (χ1v) is 6.93. The summed E-state index contributed by atoms with van der Waals surface area (Å²) in [6.07, 6.45) is 1.52. The van der Waals surface area contributed by atoms with Crippen molar-refractivity contribution in [3.8, 4) is 11.5 Å². The monoisotopic (exact) mass is 313 g/mol. The van der Waals surface area contributed by atoms with E-state index < -0.39 is 0 Å². The Labute approximate surface area is 131 Å². The number of para-hydroxylation sites is 1. The first kappa shape index (κ1) is 14.2. The van der Waals surface area contributed by atoms with Crippen molar-refractivity contribution in [3.63, 3.8) is 0 Å². The number of aromatic nitrogens is 2. The predicted octanol–water partition coefficient (Wildman–Crippen LogP) is 4.11. The zero-order valence-corrected chi connectivity index (χ0v) is 12.2. The van der Waals surface area contributed by atoms with Crippen molar-refractivity contribution in [1.82, 2.24) is 10.2 Å². The number of H-pyrrole nitrogens is 1. The number of halogens is 1. The van der Waals surface area contributed by atoms with Gasteiger partial charge in [-0.25, -0.2) is 0 Å². The number of nitrogens with zero attached hydrogens (tertiary/aromatic N) is 1. The van der Waals surface area contributed by atoms with Crippen LogP contribution < -0.4 is 10.1 Å². The fourth-order valence-electron chi connectivity index (χ4n) is 1.84. The molecule has 0 atom stereocenters. The summed E-state index contributed by atoms with van der Waals surface area (Å²) in [7, 11) is 0. The molecule has 0 saturated carbocycles. The van der Waals surface area contributed by atoms with Crippen LogP contribution in [0.1, 0.15) is 10.5 Å². The summed E-state index contributed by atoms with van der Waals surface area (Å²) in [5.41, 5.74) is 1.06. The molecule has 110 valence electrons. The van der Waals surface area contributed by atoms with Crippen molar-refractivity contribution in [2.45, 2.75) is 0 Å². The van der Waals surface area contributed by atoms with Gasteiger partial charge in [0.25, 0.3) is 5.91 Å². The standard InChI is InChI=1S/C16H12ClN3O2/c17-13-3-1-2-4-15(13)22-12-7-5-11(6-8-12)19-16(21)14-9-10-18-20-14/h1-10H,(H,18,20)(H,19,21). The van der Waals surface area contributed by atoms with Crippen molar-refractivity contribution in [1.29, 1.82) is 0 Å². The van der Waals surface area contributed by atoms with Crippen molar-refractivity contribution in [2.24, 2.45) is 0 Å². The number of rotatable bonds is 4. The summed E-state index contributed by atoms with van der Waals surface area (Å²) in [5, 5.41) is 9.64. The molecule has 0 saturated heterocycles. The smallest absolute Gasteiger partial charge is 0.273 e. The molecule has 1 aromatic heterocycles. The Morgan fingerprint density at radius 2 is 1.86 bits per heavy atom. The number of hydrogen-bond donors (Lipinski definition) is 2. The van der Waals surface area contributed by atoms with Gasteiger partial charge in [-0.05, 0) is 42.5 Å². The Hall–Kier alpha value is -2.79. The van der Waals surface area contributed by atoms with E-state index in [1.54, 1.807) is 42.5 Å². The highest BCUT2D eigenvalue weighted by Gasteiger charge is 2.07. The number of hydrogen-bond acceptors (Lipinski definition) is 3. The number of nitrogens with one attached hydrogen (secondary N) is 2. The van der Waals surface area contributed by atoms with Crippen molar-refractivity contribution < 1.29 is 9.53 Å². The lowest BCUT2D eigenvalue weighted by Crippen LogP contribution is -2.12. The number of aromatic amines is 1. The van der Waals surface area contributed by atoms with Crippen molar-refractivity contribution in [3.05, 3.63) is 71.5 Å². The second-order valence-corrected chi connectivity index (χ2v) is 4.89. The van der Waals surface area contributed by atoms with Crippen LogP contribution in [0.25, 0.3) is 0 Å². The van der Waals surface area contributed by atoms with Crippen LogP contribution in [0.2, 0.25) is 5.02 Å². The van der Waals surface area contributed by atoms with Gasteiger partial charge in [0, 0.05) is 11.9 Å². The highest BCUT2D eigenvalue weighted by atomic mass is 35.5. The van der Waals surface area contributed by atoms with Gasteiger partial charge in [-0.1, -0.05) is 23.7 Å². The third-order valence-corrected chi connectivity index (χ3v) is 3.23. The molecule has 2 aromatic carbocycles. The molecular weight excluding hydrogens is 302 g/mol. The number of benzene rings is 2. The van der Waals surface area contributed by atoms with E-state index in [1.807, 2.05) is 12.1 Å². The summed E-state index contributed by atoms with van der Waals surface area (Å²) < 4.78 is 5.68. The normalized spacial score (nSPS) is 10.2. The van der Waals surface area contributed by atoms with E-state index in [2.05, 4.69) is 15.5 Å². The molecule has 2 N–H and O–H groups in total. The molecule has 0 aliphatic heterocycles. The number of carbonyl (C=O) groups excluding carboxylic acids is 1. The van der Waals surface area contributed by atoms with Crippen LogP contribution in [0.5, 0.6) is 11.5 Å². The lowest BCUT2D eigenvalue weighted by Gasteiger charge is -2.08. The Bertz CT molecular complexity index is 770. The van der Waals surface area contributed by atoms with Gasteiger partial charge < -0.3 is 10.1 Å². The SMILES string of the molecule is O=C(Nc1ccc(Oc2ccccc2Cl)cc1)c1ccn[nH]1. The van der Waals surface area contributed by atoms with E-state index in [0.29, 0.717) is 27.9 Å². The number of amides is 1. The Balaban J connectivity index is 1.68. The number of anilines is 1. The predicted molar refractivity (Wildman–Crippen MR) is 84.5 cm³/mol. The van der Waals surface area contributed by atoms with E-state index in [-0.39, 0.29) is 5.91 Å². The van der Waals surface area contributed by atoms with Gasteiger partial charge in [0.2, 0.25) is 0 Å². The maximum Gasteiger partial charge on any atom is 0.273 e. The quantitative estimate of drug-likeness (QED) is 0.761. The van der Waals surface area contributed by atoms with Crippen molar-refractivity contribution >= 4 is 23.2 Å². The highest BCUT2D eigenvalue weighted by Crippen LogP contribution is 2.29. The van der Waals surface area contributed by atoms with E-state index in [1.165, 1.54) is 6.20 Å². The summed E-state index contributed by atoms with van der Waals surface area (Å²) in [4.78, 5) is 11.9. The molecule has 3 aromatic rings. The molecule has 0 unspecified atom stereocenters. The zero-order chi connectivity index (χ0) is 15.4. The topological polar surface area (TPSA) is 67.0 Å². The molecule has 0 fully saturated rings. The van der Waals surface area contributed by atoms with Gasteiger partial charge >= 0.3 is 0 Å². The molecule has 0 radical (unpaired) electrons. The first-order valence-electron chi connectivity index (χ1n) is 6.55. The Morgan fingerprint density at radius 3 is 2.55 bits per heavy atom. The molecule has 1 heterocycles. The third kappa shape index (κ3) is 3.27. The molecule has 3 rings (SSSR count). The fraction of sp³-hybridized carbons (Fsp3) is 0. The minimum absolute atomic E-state index is 0.253. The third-order valence-electron chi connectivity index (χ3n) is 2.92. The minimum Gasteiger partial charge on any atom is -0.456 e. The van der Waals surface area contributed by atoms with Gasteiger partial charge in [0.15, 0.2) is 0 Å². The second-order valence-electron chi connectivity index (χ2n) is 4.48. The number of ether oxygens (including phenoxy) is 1. The van der Waals surface area contributed by atoms with E-state index in [9.17, 15) is 4.79 Å². The van der Waals surface area contributed by atoms with Crippen LogP contribution in [0.3, 0.4) is 0 Å². The summed E-state index contributed by atoms with van der Waals surface area (Å²) in [6.45, 7) is 0. The van der Waals surface area contributed by atoms with Crippen LogP contribution in [0, 0.1) is 0 Å². The van der Waals surface area contributed by atoms with Gasteiger partial charge in [0.05, 0.1) is 5.02 Å². The molecule has 22 heavy (non-hydrogen) atoms. The Morgan fingerprint density at radius 1 is 1.09 bits per heavy atom. The minimum atomic E-state index is -0.253. The van der Waals surface area contributed by atoms with Crippen LogP contribution >= 0.6 is 11.6 Å². The van der Waals surface area contributed by atoms with Gasteiger partial charge in [-0.15, -0.1) is 0 Å². The number of carbonyl (C=O) groups is 1. The molecule has 0 aliphatic rings. The maximum atomic E-state index is 11.9. The lowest BCUT2D eigenvalue weighted by molar-refractivity contribution is 0.102.